The van der Waals surface area contributed by atoms with Gasteiger partial charge in [0.05, 0.1) is 12.2 Å². The second kappa shape index (κ2) is 6.97. The number of ether oxygens (including phenoxy) is 1. The molecular formula is C22H17F3N4O2. The molecule has 1 amide bonds. The highest BCUT2D eigenvalue weighted by atomic mass is 19.4. The molecule has 6 nitrogen and oxygen atoms in total. The molecule has 0 N–H and O–H groups in total. The summed E-state index contributed by atoms with van der Waals surface area (Å²) < 4.78 is 49.2. The zero-order chi connectivity index (χ0) is 21.6. The Morgan fingerprint density at radius 3 is 2.39 bits per heavy atom. The summed E-state index contributed by atoms with van der Waals surface area (Å²) in [5, 5.41) is 0. The van der Waals surface area contributed by atoms with Crippen molar-refractivity contribution in [1.29, 1.82) is 0 Å². The van der Waals surface area contributed by atoms with E-state index in [1.807, 2.05) is 30.3 Å². The number of carbonyl (C=O) groups is 1. The molecule has 0 aliphatic carbocycles. The molecule has 2 aliphatic rings. The summed E-state index contributed by atoms with van der Waals surface area (Å²) in [5.74, 6) is -0.105. The summed E-state index contributed by atoms with van der Waals surface area (Å²) in [5.41, 5.74) is -0.575. The molecule has 0 radical (unpaired) electrons. The highest BCUT2D eigenvalue weighted by Crippen LogP contribution is 2.56. The largest absolute Gasteiger partial charge is 0.433 e. The van der Waals surface area contributed by atoms with Crippen LogP contribution < -0.4 is 4.90 Å². The Labute approximate surface area is 175 Å². The van der Waals surface area contributed by atoms with E-state index in [9.17, 15) is 18.0 Å². The van der Waals surface area contributed by atoms with E-state index in [1.165, 1.54) is 23.4 Å². The molecule has 3 aromatic rings. The van der Waals surface area contributed by atoms with Gasteiger partial charge in [0.2, 0.25) is 5.95 Å². The average molecular weight is 426 g/mol. The van der Waals surface area contributed by atoms with Gasteiger partial charge in [-0.3, -0.25) is 9.80 Å². The standard InChI is InChI=1S/C22H17F3N4O2/c23-22(24,25)18-21(14-28(20(30)31-21)13-15-7-2-1-3-8-15)16-9-4-5-10-17(16)29(18)19-26-11-6-12-27-19/h1-12,18H,13-14H2. The lowest BCUT2D eigenvalue weighted by Crippen LogP contribution is -2.54. The van der Waals surface area contributed by atoms with Crippen molar-refractivity contribution in [3.8, 4) is 0 Å². The van der Waals surface area contributed by atoms with Crippen LogP contribution in [0.3, 0.4) is 0 Å². The second-order valence-corrected chi connectivity index (χ2v) is 7.48. The molecular weight excluding hydrogens is 409 g/mol. The number of benzene rings is 2. The van der Waals surface area contributed by atoms with Crippen molar-refractivity contribution in [2.45, 2.75) is 24.4 Å². The van der Waals surface area contributed by atoms with Crippen molar-refractivity contribution >= 4 is 17.7 Å². The van der Waals surface area contributed by atoms with Crippen molar-refractivity contribution in [1.82, 2.24) is 14.9 Å². The lowest BCUT2D eigenvalue weighted by Gasteiger charge is -2.34. The average Bonchev–Trinajstić information content (AvgIpc) is 3.23. The highest BCUT2D eigenvalue weighted by Gasteiger charge is 2.68. The number of rotatable bonds is 3. The van der Waals surface area contributed by atoms with Crippen LogP contribution in [0, 0.1) is 0 Å². The fourth-order valence-electron chi connectivity index (χ4n) is 4.39. The molecule has 5 rings (SSSR count). The van der Waals surface area contributed by atoms with Gasteiger partial charge in [-0.05, 0) is 17.7 Å². The molecule has 2 aliphatic heterocycles. The highest BCUT2D eigenvalue weighted by molar-refractivity contribution is 5.78. The van der Waals surface area contributed by atoms with Gasteiger partial charge in [-0.15, -0.1) is 0 Å². The van der Waals surface area contributed by atoms with E-state index in [-0.39, 0.29) is 30.3 Å². The maximum atomic E-state index is 14.5. The van der Waals surface area contributed by atoms with Gasteiger partial charge < -0.3 is 4.74 Å². The van der Waals surface area contributed by atoms with E-state index in [2.05, 4.69) is 9.97 Å². The summed E-state index contributed by atoms with van der Waals surface area (Å²) in [4.78, 5) is 23.2. The van der Waals surface area contributed by atoms with E-state index in [4.69, 9.17) is 4.74 Å². The lowest BCUT2D eigenvalue weighted by molar-refractivity contribution is -0.183. The topological polar surface area (TPSA) is 58.6 Å². The molecule has 2 unspecified atom stereocenters. The van der Waals surface area contributed by atoms with Crippen LogP contribution in [-0.2, 0) is 16.9 Å². The Kier molecular flexibility index (Phi) is 4.35. The smallest absolute Gasteiger partial charge is 0.413 e. The SMILES string of the molecule is O=C1OC2(CN1Cc1ccccc1)c1ccccc1N(c1ncccn1)C2C(F)(F)F. The van der Waals surface area contributed by atoms with Gasteiger partial charge in [-0.1, -0.05) is 48.5 Å². The number of alkyl halides is 3. The van der Waals surface area contributed by atoms with Crippen molar-refractivity contribution in [2.75, 3.05) is 11.4 Å². The summed E-state index contributed by atoms with van der Waals surface area (Å²) in [6.07, 6.45) is -2.75. The molecule has 1 spiro atoms. The van der Waals surface area contributed by atoms with Gasteiger partial charge in [-0.25, -0.2) is 14.8 Å². The van der Waals surface area contributed by atoms with Crippen molar-refractivity contribution < 1.29 is 22.7 Å². The molecule has 2 atom stereocenters. The number of carbonyl (C=O) groups excluding carboxylic acids is 1. The first kappa shape index (κ1) is 19.3. The molecule has 31 heavy (non-hydrogen) atoms. The Balaban J connectivity index is 1.62. The molecule has 1 aromatic heterocycles. The van der Waals surface area contributed by atoms with E-state index in [0.717, 1.165) is 10.5 Å². The van der Waals surface area contributed by atoms with E-state index >= 15 is 0 Å². The lowest BCUT2D eigenvalue weighted by atomic mass is 9.88. The first-order valence-electron chi connectivity index (χ1n) is 9.64. The van der Waals surface area contributed by atoms with Gasteiger partial charge >= 0.3 is 12.3 Å². The quantitative estimate of drug-likeness (QED) is 0.621. The maximum absolute atomic E-state index is 14.5. The second-order valence-electron chi connectivity index (χ2n) is 7.48. The van der Waals surface area contributed by atoms with Gasteiger partial charge in [0, 0.05) is 24.5 Å². The van der Waals surface area contributed by atoms with E-state index in [1.54, 1.807) is 24.3 Å². The maximum Gasteiger partial charge on any atom is 0.413 e. The van der Waals surface area contributed by atoms with Gasteiger partial charge in [0.15, 0.2) is 11.6 Å². The van der Waals surface area contributed by atoms with Gasteiger partial charge in [0.1, 0.15) is 0 Å². The molecule has 1 fully saturated rings. The minimum atomic E-state index is -4.72. The van der Waals surface area contributed by atoms with Crippen molar-refractivity contribution in [3.05, 3.63) is 84.2 Å². The fraction of sp³-hybridized carbons (Fsp3) is 0.227. The van der Waals surface area contributed by atoms with Gasteiger partial charge in [0.25, 0.3) is 0 Å². The third-order valence-corrected chi connectivity index (χ3v) is 5.57. The van der Waals surface area contributed by atoms with Crippen LogP contribution in [0.1, 0.15) is 11.1 Å². The molecule has 3 heterocycles. The molecule has 0 bridgehead atoms. The predicted molar refractivity (Wildman–Crippen MR) is 105 cm³/mol. The first-order valence-corrected chi connectivity index (χ1v) is 9.64. The third kappa shape index (κ3) is 3.08. The summed E-state index contributed by atoms with van der Waals surface area (Å²) >= 11 is 0. The van der Waals surface area contributed by atoms with Crippen LogP contribution in [0.2, 0.25) is 0 Å². The van der Waals surface area contributed by atoms with Crippen LogP contribution >= 0.6 is 0 Å². The number of halogens is 3. The number of para-hydroxylation sites is 1. The third-order valence-electron chi connectivity index (χ3n) is 5.57. The molecule has 1 saturated heterocycles. The number of amides is 1. The zero-order valence-corrected chi connectivity index (χ0v) is 16.2. The number of hydrogen-bond acceptors (Lipinski definition) is 5. The normalized spacial score (nSPS) is 22.7. The number of nitrogens with zero attached hydrogens (tertiary/aromatic N) is 4. The first-order chi connectivity index (χ1) is 14.9. The van der Waals surface area contributed by atoms with E-state index in [0.29, 0.717) is 0 Å². The predicted octanol–water partition coefficient (Wildman–Crippen LogP) is 4.41. The Morgan fingerprint density at radius 2 is 1.68 bits per heavy atom. The van der Waals surface area contributed by atoms with Crippen LogP contribution in [-0.4, -0.2) is 39.7 Å². The Morgan fingerprint density at radius 1 is 1.00 bits per heavy atom. The number of anilines is 2. The van der Waals surface area contributed by atoms with Crippen LogP contribution in [0.15, 0.2) is 73.1 Å². The number of aromatic nitrogens is 2. The number of fused-ring (bicyclic) bond motifs is 2. The number of hydrogen-bond donors (Lipinski definition) is 0. The summed E-state index contributed by atoms with van der Waals surface area (Å²) in [6, 6.07) is 14.8. The van der Waals surface area contributed by atoms with Crippen LogP contribution in [0.25, 0.3) is 0 Å². The minimum Gasteiger partial charge on any atom is -0.433 e. The fourth-order valence-corrected chi connectivity index (χ4v) is 4.39. The molecule has 2 aromatic carbocycles. The van der Waals surface area contributed by atoms with Crippen molar-refractivity contribution in [3.63, 3.8) is 0 Å². The molecule has 158 valence electrons. The van der Waals surface area contributed by atoms with Crippen LogP contribution in [0.5, 0.6) is 0 Å². The van der Waals surface area contributed by atoms with Crippen molar-refractivity contribution in [2.24, 2.45) is 0 Å². The summed E-state index contributed by atoms with van der Waals surface area (Å²) in [6.45, 7) is -0.0960. The van der Waals surface area contributed by atoms with E-state index < -0.39 is 23.9 Å². The minimum absolute atomic E-state index is 0.105. The molecule has 0 saturated carbocycles. The Hall–Kier alpha value is -3.62. The molecule has 9 heteroatoms. The monoisotopic (exact) mass is 426 g/mol. The Bertz CT molecular complexity index is 1110. The van der Waals surface area contributed by atoms with Gasteiger partial charge in [-0.2, -0.15) is 13.2 Å². The van der Waals surface area contributed by atoms with Crippen LogP contribution in [0.4, 0.5) is 29.6 Å². The zero-order valence-electron chi connectivity index (χ0n) is 16.2. The summed E-state index contributed by atoms with van der Waals surface area (Å²) in [7, 11) is 0.